The average Bonchev–Trinajstić information content (AvgIpc) is 2.16. The van der Waals surface area contributed by atoms with Gasteiger partial charge in [-0.2, -0.15) is 0 Å². The summed E-state index contributed by atoms with van der Waals surface area (Å²) in [6, 6.07) is 0. The van der Waals surface area contributed by atoms with Crippen molar-refractivity contribution in [2.45, 2.75) is 13.3 Å². The lowest BCUT2D eigenvalue weighted by molar-refractivity contribution is -0.113. The Balaban J connectivity index is 3.40. The minimum absolute atomic E-state index is 0.229. The van der Waals surface area contributed by atoms with Gasteiger partial charge in [0.25, 0.3) is 5.91 Å². The van der Waals surface area contributed by atoms with E-state index in [4.69, 9.17) is 0 Å². The number of nitrogens with zero attached hydrogens (tertiary/aromatic N) is 2. The zero-order valence-corrected chi connectivity index (χ0v) is 8.08. The molecule has 0 aromatic rings. The van der Waals surface area contributed by atoms with Gasteiger partial charge in [0.05, 0.1) is 12.9 Å². The molecule has 0 saturated carbocycles. The quantitative estimate of drug-likeness (QED) is 0.341. The SMILES string of the molecule is CCCNCN=CN=CC(=O)NC. The van der Waals surface area contributed by atoms with E-state index in [0.717, 1.165) is 13.0 Å². The Hall–Kier alpha value is -1.23. The molecule has 0 saturated heterocycles. The highest BCUT2D eigenvalue weighted by atomic mass is 16.1. The number of carbonyl (C=O) groups excluding carboxylic acids is 1. The molecule has 0 heterocycles. The van der Waals surface area contributed by atoms with E-state index in [1.54, 1.807) is 7.05 Å². The van der Waals surface area contributed by atoms with Crippen LogP contribution in [0.1, 0.15) is 13.3 Å². The molecule has 0 aliphatic carbocycles. The molecule has 2 N–H and O–H groups in total. The zero-order valence-electron chi connectivity index (χ0n) is 8.08. The van der Waals surface area contributed by atoms with Gasteiger partial charge in [0, 0.05) is 7.05 Å². The Morgan fingerprint density at radius 3 is 2.92 bits per heavy atom. The van der Waals surface area contributed by atoms with Gasteiger partial charge in [-0.1, -0.05) is 6.92 Å². The molecule has 0 aliphatic rings. The fraction of sp³-hybridized carbons (Fsp3) is 0.625. The first kappa shape index (κ1) is 11.8. The van der Waals surface area contributed by atoms with Crippen LogP contribution < -0.4 is 10.6 Å². The maximum absolute atomic E-state index is 10.6. The molecule has 5 nitrogen and oxygen atoms in total. The fourth-order valence-corrected chi connectivity index (χ4v) is 0.574. The molecule has 0 rings (SSSR count). The third-order valence-corrected chi connectivity index (χ3v) is 1.22. The fourth-order valence-electron chi connectivity index (χ4n) is 0.574. The first-order chi connectivity index (χ1) is 6.31. The van der Waals surface area contributed by atoms with Gasteiger partial charge < -0.3 is 5.32 Å². The second-order valence-electron chi connectivity index (χ2n) is 2.35. The Kier molecular flexibility index (Phi) is 8.02. The molecule has 1 amide bonds. The molecule has 5 heteroatoms. The Morgan fingerprint density at radius 2 is 2.31 bits per heavy atom. The predicted molar refractivity (Wildman–Crippen MR) is 54.2 cm³/mol. The van der Waals surface area contributed by atoms with Gasteiger partial charge >= 0.3 is 0 Å². The molecular formula is C8H16N4O. The van der Waals surface area contributed by atoms with Crippen LogP contribution in [0.15, 0.2) is 9.98 Å². The molecule has 74 valence electrons. The Morgan fingerprint density at radius 1 is 1.54 bits per heavy atom. The van der Waals surface area contributed by atoms with Crippen molar-refractivity contribution in [1.82, 2.24) is 10.6 Å². The summed E-state index contributed by atoms with van der Waals surface area (Å²) in [6.45, 7) is 3.57. The van der Waals surface area contributed by atoms with Crippen molar-refractivity contribution in [2.24, 2.45) is 9.98 Å². The monoisotopic (exact) mass is 184 g/mol. The van der Waals surface area contributed by atoms with Gasteiger partial charge in [0.2, 0.25) is 0 Å². The van der Waals surface area contributed by atoms with Crippen LogP contribution >= 0.6 is 0 Å². The van der Waals surface area contributed by atoms with Gasteiger partial charge in [-0.15, -0.1) is 0 Å². The Bertz CT molecular complexity index is 189. The number of hydrogen-bond donors (Lipinski definition) is 2. The summed E-state index contributed by atoms with van der Waals surface area (Å²) in [5.74, 6) is -0.229. The van der Waals surface area contributed by atoms with Crippen molar-refractivity contribution in [3.8, 4) is 0 Å². The van der Waals surface area contributed by atoms with E-state index in [-0.39, 0.29) is 5.91 Å². The van der Waals surface area contributed by atoms with Crippen molar-refractivity contribution < 1.29 is 4.79 Å². The van der Waals surface area contributed by atoms with E-state index in [1.807, 2.05) is 0 Å². The van der Waals surface area contributed by atoms with Crippen LogP contribution in [0.2, 0.25) is 0 Å². The number of amides is 1. The number of carbonyl (C=O) groups is 1. The van der Waals surface area contributed by atoms with Crippen LogP contribution in [0.3, 0.4) is 0 Å². The van der Waals surface area contributed by atoms with E-state index in [1.165, 1.54) is 12.6 Å². The molecule has 13 heavy (non-hydrogen) atoms. The van der Waals surface area contributed by atoms with E-state index < -0.39 is 0 Å². The van der Waals surface area contributed by atoms with Gasteiger partial charge in [0.1, 0.15) is 6.34 Å². The van der Waals surface area contributed by atoms with E-state index in [2.05, 4.69) is 27.5 Å². The molecule has 0 aromatic carbocycles. The highest BCUT2D eigenvalue weighted by Crippen LogP contribution is 1.69. The first-order valence-electron chi connectivity index (χ1n) is 4.25. The summed E-state index contributed by atoms with van der Waals surface area (Å²) in [5.41, 5.74) is 0. The minimum Gasteiger partial charge on any atom is -0.354 e. The molecule has 0 atom stereocenters. The van der Waals surface area contributed by atoms with Crippen LogP contribution in [0.5, 0.6) is 0 Å². The standard InChI is InChI=1S/C8H16N4O/c1-3-4-10-6-12-7-11-5-8(13)9-2/h5,7,10H,3-4,6H2,1-2H3,(H,9,13). The van der Waals surface area contributed by atoms with Crippen LogP contribution in [0, 0.1) is 0 Å². The number of aliphatic imine (C=N–C) groups is 2. The lowest BCUT2D eigenvalue weighted by Crippen LogP contribution is -2.18. The normalized spacial score (nSPS) is 11.2. The Labute approximate surface area is 78.3 Å². The van der Waals surface area contributed by atoms with Gasteiger partial charge in [-0.3, -0.25) is 15.1 Å². The first-order valence-corrected chi connectivity index (χ1v) is 4.25. The third-order valence-electron chi connectivity index (χ3n) is 1.22. The third kappa shape index (κ3) is 8.68. The number of rotatable bonds is 6. The second-order valence-corrected chi connectivity index (χ2v) is 2.35. The molecule has 0 fully saturated rings. The van der Waals surface area contributed by atoms with Crippen LogP contribution in [-0.2, 0) is 4.79 Å². The predicted octanol–water partition coefficient (Wildman–Crippen LogP) is -0.211. The summed E-state index contributed by atoms with van der Waals surface area (Å²) in [6.07, 6.45) is 3.62. The topological polar surface area (TPSA) is 65.8 Å². The van der Waals surface area contributed by atoms with E-state index in [9.17, 15) is 4.79 Å². The second kappa shape index (κ2) is 8.86. The summed E-state index contributed by atoms with van der Waals surface area (Å²) in [5, 5.41) is 5.48. The van der Waals surface area contributed by atoms with Crippen LogP contribution in [0.4, 0.5) is 0 Å². The molecule has 0 bridgehead atoms. The molecular weight excluding hydrogens is 168 g/mol. The summed E-state index contributed by atoms with van der Waals surface area (Å²) in [7, 11) is 1.55. The summed E-state index contributed by atoms with van der Waals surface area (Å²) in [4.78, 5) is 18.2. The minimum atomic E-state index is -0.229. The van der Waals surface area contributed by atoms with Crippen molar-refractivity contribution in [3.05, 3.63) is 0 Å². The summed E-state index contributed by atoms with van der Waals surface area (Å²) < 4.78 is 0. The van der Waals surface area contributed by atoms with E-state index >= 15 is 0 Å². The average molecular weight is 184 g/mol. The summed E-state index contributed by atoms with van der Waals surface area (Å²) >= 11 is 0. The van der Waals surface area contributed by atoms with Crippen molar-refractivity contribution >= 4 is 18.5 Å². The highest BCUT2D eigenvalue weighted by molar-refractivity contribution is 6.27. The molecule has 0 aliphatic heterocycles. The maximum Gasteiger partial charge on any atom is 0.262 e. The van der Waals surface area contributed by atoms with Crippen LogP contribution in [-0.4, -0.2) is 38.7 Å². The molecule has 0 aromatic heterocycles. The van der Waals surface area contributed by atoms with Crippen molar-refractivity contribution in [2.75, 3.05) is 20.3 Å². The number of hydrogen-bond acceptors (Lipinski definition) is 3. The van der Waals surface area contributed by atoms with Gasteiger partial charge in [-0.25, -0.2) is 4.99 Å². The maximum atomic E-state index is 10.6. The van der Waals surface area contributed by atoms with Gasteiger partial charge in [-0.05, 0) is 13.0 Å². The van der Waals surface area contributed by atoms with Crippen molar-refractivity contribution in [3.63, 3.8) is 0 Å². The highest BCUT2D eigenvalue weighted by Gasteiger charge is 1.85. The molecule has 0 unspecified atom stereocenters. The molecule has 0 spiro atoms. The largest absolute Gasteiger partial charge is 0.354 e. The van der Waals surface area contributed by atoms with E-state index in [0.29, 0.717) is 6.67 Å². The van der Waals surface area contributed by atoms with Crippen LogP contribution in [0.25, 0.3) is 0 Å². The lowest BCUT2D eigenvalue weighted by atomic mass is 10.5. The smallest absolute Gasteiger partial charge is 0.262 e. The zero-order chi connectivity index (χ0) is 9.94. The molecule has 0 radical (unpaired) electrons. The van der Waals surface area contributed by atoms with Gasteiger partial charge in [0.15, 0.2) is 0 Å². The lowest BCUT2D eigenvalue weighted by Gasteiger charge is -1.94. The number of nitrogens with one attached hydrogen (secondary N) is 2. The van der Waals surface area contributed by atoms with Crippen molar-refractivity contribution in [1.29, 1.82) is 0 Å².